The normalized spacial score (nSPS) is 16.9. The minimum atomic E-state index is -0.593. The van der Waals surface area contributed by atoms with Crippen molar-refractivity contribution in [1.29, 1.82) is 0 Å². The van der Waals surface area contributed by atoms with Gasteiger partial charge in [0.2, 0.25) is 11.8 Å². The van der Waals surface area contributed by atoms with Crippen molar-refractivity contribution < 1.29 is 28.0 Å². The number of likely N-dealkylation sites (tertiary alicyclic amines) is 2. The molecule has 12 nitrogen and oxygen atoms in total. The van der Waals surface area contributed by atoms with Crippen molar-refractivity contribution in [2.24, 2.45) is 0 Å². The third-order valence-corrected chi connectivity index (χ3v) is 10.4. The summed E-state index contributed by atoms with van der Waals surface area (Å²) in [5.41, 5.74) is 5.75. The van der Waals surface area contributed by atoms with E-state index in [0.717, 1.165) is 46.1 Å². The molecular formula is C43H36N6O6. The Balaban J connectivity index is 0.808. The molecule has 2 saturated heterocycles. The molecule has 2 aliphatic rings. The largest absolute Gasteiger partial charge is 0.451 e. The molecule has 7 aromatic rings. The van der Waals surface area contributed by atoms with Gasteiger partial charge in [-0.2, -0.15) is 5.10 Å². The maximum absolute atomic E-state index is 13.3. The first-order valence-electron chi connectivity index (χ1n) is 18.3. The summed E-state index contributed by atoms with van der Waals surface area (Å²) < 4.78 is 11.6. The monoisotopic (exact) mass is 732 g/mol. The Labute approximate surface area is 315 Å². The molecule has 0 spiro atoms. The van der Waals surface area contributed by atoms with Crippen LogP contribution in [-0.2, 0) is 9.59 Å². The number of H-pyrrole nitrogens is 1. The van der Waals surface area contributed by atoms with E-state index in [9.17, 15) is 19.2 Å². The molecule has 4 aromatic carbocycles. The zero-order chi connectivity index (χ0) is 37.5. The molecule has 0 unspecified atom stereocenters. The van der Waals surface area contributed by atoms with Crippen molar-refractivity contribution in [1.82, 2.24) is 20.0 Å². The van der Waals surface area contributed by atoms with Gasteiger partial charge in [0, 0.05) is 40.8 Å². The number of aromatic nitrogens is 2. The van der Waals surface area contributed by atoms with Crippen molar-refractivity contribution >= 4 is 56.9 Å². The number of nitrogens with one attached hydrogen (secondary N) is 3. The van der Waals surface area contributed by atoms with Crippen LogP contribution >= 0.6 is 0 Å². The van der Waals surface area contributed by atoms with Gasteiger partial charge in [0.1, 0.15) is 23.2 Å². The second kappa shape index (κ2) is 14.1. The minimum Gasteiger partial charge on any atom is -0.451 e. The van der Waals surface area contributed by atoms with Crippen molar-refractivity contribution in [2.45, 2.75) is 37.8 Å². The second-order valence-electron chi connectivity index (χ2n) is 13.9. The first-order valence-corrected chi connectivity index (χ1v) is 18.3. The molecule has 2 aliphatic heterocycles. The lowest BCUT2D eigenvalue weighted by molar-refractivity contribution is -0.120. The predicted octanol–water partition coefficient (Wildman–Crippen LogP) is 7.72. The van der Waals surface area contributed by atoms with E-state index in [2.05, 4.69) is 20.8 Å². The molecule has 0 saturated carbocycles. The molecule has 3 N–H and O–H groups in total. The van der Waals surface area contributed by atoms with Gasteiger partial charge in [-0.1, -0.05) is 60.7 Å². The maximum Gasteiger partial charge on any atom is 0.290 e. The number of hydrogen-bond donors (Lipinski definition) is 3. The highest BCUT2D eigenvalue weighted by Gasteiger charge is 2.37. The molecule has 9 rings (SSSR count). The molecule has 274 valence electrons. The van der Waals surface area contributed by atoms with Crippen LogP contribution in [0.3, 0.4) is 0 Å². The fraction of sp³-hybridized carbons (Fsp3) is 0.186. The van der Waals surface area contributed by atoms with E-state index in [-0.39, 0.29) is 35.1 Å². The molecule has 4 amide bonds. The van der Waals surface area contributed by atoms with E-state index in [4.69, 9.17) is 8.83 Å². The SMILES string of the molecule is O=C(Nc1ccc(-c2cc(-c3ccc(NC(=O)[C@@H]4CCCN4C(=O)c4cc5ccccc5o4)cc3)[nH]n2)cc1)[C@@H]1CCCN1C(=O)c1cc2ccccc2o1. The summed E-state index contributed by atoms with van der Waals surface area (Å²) in [5.74, 6) is -0.603. The zero-order valence-corrected chi connectivity index (χ0v) is 29.7. The number of furan rings is 2. The summed E-state index contributed by atoms with van der Waals surface area (Å²) in [5, 5.41) is 15.2. The molecule has 0 radical (unpaired) electrons. The summed E-state index contributed by atoms with van der Waals surface area (Å²) >= 11 is 0. The third kappa shape index (κ3) is 6.63. The van der Waals surface area contributed by atoms with Crippen molar-refractivity contribution in [3.05, 3.63) is 127 Å². The molecule has 0 bridgehead atoms. The van der Waals surface area contributed by atoms with Crippen molar-refractivity contribution in [3.8, 4) is 22.5 Å². The number of rotatable bonds is 8. The first-order chi connectivity index (χ1) is 26.9. The van der Waals surface area contributed by atoms with Crippen molar-refractivity contribution in [3.63, 3.8) is 0 Å². The smallest absolute Gasteiger partial charge is 0.290 e. The zero-order valence-electron chi connectivity index (χ0n) is 29.7. The lowest BCUT2D eigenvalue weighted by Crippen LogP contribution is -2.43. The summed E-state index contributed by atoms with van der Waals surface area (Å²) in [6.07, 6.45) is 2.61. The lowest BCUT2D eigenvalue weighted by atomic mass is 10.1. The standard InChI is InChI=1S/C43H36N6O6/c50-40(34-9-5-21-48(34)42(52)38-23-28-7-1-3-11-36(28)54-38)44-30-17-13-26(14-18-30)32-25-33(47-46-32)27-15-19-31(20-16-27)45-41(51)35-10-6-22-49(35)43(53)39-24-29-8-2-4-12-37(29)55-39/h1-4,7-8,11-20,23-25,34-35H,5-6,9-10,21-22H2,(H,44,50)(H,45,51)(H,46,47)/t34-,35-/m0/s1. The van der Waals surface area contributed by atoms with E-state index in [1.807, 2.05) is 103 Å². The highest BCUT2D eigenvalue weighted by atomic mass is 16.4. The Morgan fingerprint density at radius 1 is 0.600 bits per heavy atom. The number of benzene rings is 4. The highest BCUT2D eigenvalue weighted by Crippen LogP contribution is 2.29. The molecular weight excluding hydrogens is 697 g/mol. The Bertz CT molecular complexity index is 2330. The summed E-state index contributed by atoms with van der Waals surface area (Å²) in [6.45, 7) is 0.970. The van der Waals surface area contributed by atoms with Gasteiger partial charge < -0.3 is 29.3 Å². The van der Waals surface area contributed by atoms with E-state index in [0.29, 0.717) is 48.5 Å². The van der Waals surface area contributed by atoms with Gasteiger partial charge in [-0.15, -0.1) is 0 Å². The number of carbonyl (C=O) groups excluding carboxylic acids is 4. The van der Waals surface area contributed by atoms with Crippen LogP contribution in [-0.4, -0.2) is 68.8 Å². The average Bonchev–Trinajstić information content (AvgIpc) is 4.07. The Hall–Kier alpha value is -6.95. The van der Waals surface area contributed by atoms with Crippen LogP contribution in [0.5, 0.6) is 0 Å². The molecule has 2 fully saturated rings. The second-order valence-corrected chi connectivity index (χ2v) is 13.9. The number of anilines is 2. The predicted molar refractivity (Wildman–Crippen MR) is 207 cm³/mol. The molecule has 12 heteroatoms. The highest BCUT2D eigenvalue weighted by molar-refractivity contribution is 6.03. The van der Waals surface area contributed by atoms with E-state index in [1.165, 1.54) is 0 Å². The number of para-hydroxylation sites is 2. The van der Waals surface area contributed by atoms with Gasteiger partial charge in [-0.05, 0) is 85.8 Å². The first kappa shape index (κ1) is 33.9. The fourth-order valence-electron chi connectivity index (χ4n) is 7.55. The Morgan fingerprint density at radius 2 is 1.07 bits per heavy atom. The quantitative estimate of drug-likeness (QED) is 0.145. The topological polar surface area (TPSA) is 154 Å². The molecule has 2 atom stereocenters. The number of nitrogens with zero attached hydrogens (tertiary/aromatic N) is 3. The van der Waals surface area contributed by atoms with Gasteiger partial charge in [-0.25, -0.2) is 0 Å². The summed E-state index contributed by atoms with van der Waals surface area (Å²) in [6, 6.07) is 33.9. The van der Waals surface area contributed by atoms with Gasteiger partial charge in [0.25, 0.3) is 11.8 Å². The summed E-state index contributed by atoms with van der Waals surface area (Å²) in [4.78, 5) is 56.4. The van der Waals surface area contributed by atoms with Crippen LogP contribution in [0.2, 0.25) is 0 Å². The van der Waals surface area contributed by atoms with Crippen LogP contribution in [0, 0.1) is 0 Å². The average molecular weight is 733 g/mol. The third-order valence-electron chi connectivity index (χ3n) is 10.4. The molecule has 0 aliphatic carbocycles. The van der Waals surface area contributed by atoms with E-state index < -0.39 is 12.1 Å². The van der Waals surface area contributed by atoms with Gasteiger partial charge >= 0.3 is 0 Å². The van der Waals surface area contributed by atoms with Gasteiger partial charge in [0.05, 0.1) is 11.4 Å². The molecule has 55 heavy (non-hydrogen) atoms. The van der Waals surface area contributed by atoms with Crippen LogP contribution < -0.4 is 10.6 Å². The van der Waals surface area contributed by atoms with Crippen LogP contribution in [0.4, 0.5) is 11.4 Å². The number of carbonyl (C=O) groups is 4. The number of fused-ring (bicyclic) bond motifs is 2. The number of amides is 4. The van der Waals surface area contributed by atoms with Crippen LogP contribution in [0.25, 0.3) is 44.5 Å². The maximum atomic E-state index is 13.3. The van der Waals surface area contributed by atoms with Crippen molar-refractivity contribution in [2.75, 3.05) is 23.7 Å². The Kier molecular flexibility index (Phi) is 8.69. The number of aromatic amines is 1. The fourth-order valence-corrected chi connectivity index (χ4v) is 7.55. The van der Waals surface area contributed by atoms with Crippen LogP contribution in [0.1, 0.15) is 46.8 Å². The number of hydrogen-bond acceptors (Lipinski definition) is 7. The van der Waals surface area contributed by atoms with Crippen LogP contribution in [0.15, 0.2) is 124 Å². The van der Waals surface area contributed by atoms with E-state index in [1.54, 1.807) is 21.9 Å². The van der Waals surface area contributed by atoms with E-state index >= 15 is 0 Å². The Morgan fingerprint density at radius 3 is 1.56 bits per heavy atom. The molecule has 5 heterocycles. The van der Waals surface area contributed by atoms with Gasteiger partial charge in [0.15, 0.2) is 11.5 Å². The summed E-state index contributed by atoms with van der Waals surface area (Å²) in [7, 11) is 0. The minimum absolute atomic E-state index is 0.229. The molecule has 3 aromatic heterocycles. The lowest BCUT2D eigenvalue weighted by Gasteiger charge is -2.23. The van der Waals surface area contributed by atoms with Gasteiger partial charge in [-0.3, -0.25) is 24.3 Å².